The van der Waals surface area contributed by atoms with E-state index >= 15 is 0 Å². The minimum Gasteiger partial charge on any atom is -0.491 e. The predicted molar refractivity (Wildman–Crippen MR) is 79.6 cm³/mol. The van der Waals surface area contributed by atoms with E-state index in [9.17, 15) is 4.79 Å². The molecular formula is C16H21NO3. The highest BCUT2D eigenvalue weighted by Crippen LogP contribution is 2.23. The maximum absolute atomic E-state index is 11.6. The number of terminal acetylenes is 1. The zero-order valence-corrected chi connectivity index (χ0v) is 11.9. The number of nitrogen functional groups attached to an aromatic ring is 1. The number of carbonyl (C=O) groups excluding carboxylic acids is 1. The van der Waals surface area contributed by atoms with Gasteiger partial charge in [0.2, 0.25) is 0 Å². The van der Waals surface area contributed by atoms with E-state index in [-0.39, 0.29) is 6.61 Å². The van der Waals surface area contributed by atoms with Crippen LogP contribution in [-0.4, -0.2) is 19.2 Å². The first-order valence-corrected chi connectivity index (χ1v) is 6.82. The summed E-state index contributed by atoms with van der Waals surface area (Å²) >= 11 is 0. The van der Waals surface area contributed by atoms with E-state index in [0.717, 1.165) is 12.8 Å². The lowest BCUT2D eigenvalue weighted by Crippen LogP contribution is -2.07. The number of nitrogens with two attached hydrogens (primary N) is 1. The standard InChI is InChI=1S/C16H21NO3/c1-3-5-6-7-11-19-15-9-8-13(12-14(15)17)16(18)20-10-4-2/h2,8-9,12H,3,5-7,10-11,17H2,1H3. The van der Waals surface area contributed by atoms with Gasteiger partial charge in [0.25, 0.3) is 0 Å². The van der Waals surface area contributed by atoms with Crippen LogP contribution in [-0.2, 0) is 4.74 Å². The molecule has 0 radical (unpaired) electrons. The summed E-state index contributed by atoms with van der Waals surface area (Å²) in [5, 5.41) is 0. The molecule has 4 nitrogen and oxygen atoms in total. The van der Waals surface area contributed by atoms with Gasteiger partial charge in [0, 0.05) is 0 Å². The minimum absolute atomic E-state index is 0.0472. The molecule has 20 heavy (non-hydrogen) atoms. The van der Waals surface area contributed by atoms with E-state index in [1.54, 1.807) is 18.2 Å². The second-order valence-electron chi connectivity index (χ2n) is 4.44. The van der Waals surface area contributed by atoms with Crippen LogP contribution in [0.1, 0.15) is 43.0 Å². The third-order valence-electron chi connectivity index (χ3n) is 2.79. The Morgan fingerprint density at radius 1 is 1.35 bits per heavy atom. The minimum atomic E-state index is -0.482. The number of rotatable bonds is 8. The van der Waals surface area contributed by atoms with Crippen molar-refractivity contribution in [2.75, 3.05) is 18.9 Å². The zero-order chi connectivity index (χ0) is 14.8. The highest BCUT2D eigenvalue weighted by Gasteiger charge is 2.09. The van der Waals surface area contributed by atoms with Gasteiger partial charge < -0.3 is 15.2 Å². The van der Waals surface area contributed by atoms with Crippen LogP contribution in [0, 0.1) is 12.3 Å². The van der Waals surface area contributed by atoms with Crippen LogP contribution < -0.4 is 10.5 Å². The summed E-state index contributed by atoms with van der Waals surface area (Å²) in [5.74, 6) is 2.35. The molecule has 0 bridgehead atoms. The highest BCUT2D eigenvalue weighted by molar-refractivity contribution is 5.91. The lowest BCUT2D eigenvalue weighted by Gasteiger charge is -2.10. The Bertz CT molecular complexity index is 477. The first kappa shape index (κ1) is 15.9. The van der Waals surface area contributed by atoms with E-state index in [2.05, 4.69) is 12.8 Å². The summed E-state index contributed by atoms with van der Waals surface area (Å²) in [6.07, 6.45) is 9.57. The van der Waals surface area contributed by atoms with Crippen molar-refractivity contribution in [3.63, 3.8) is 0 Å². The van der Waals surface area contributed by atoms with Crippen molar-refractivity contribution in [3.8, 4) is 18.1 Å². The molecular weight excluding hydrogens is 254 g/mol. The smallest absolute Gasteiger partial charge is 0.339 e. The van der Waals surface area contributed by atoms with Crippen molar-refractivity contribution in [2.45, 2.75) is 32.6 Å². The monoisotopic (exact) mass is 275 g/mol. The molecule has 0 saturated carbocycles. The molecule has 0 heterocycles. The van der Waals surface area contributed by atoms with E-state index in [1.165, 1.54) is 12.8 Å². The van der Waals surface area contributed by atoms with Gasteiger partial charge in [-0.25, -0.2) is 4.79 Å². The van der Waals surface area contributed by atoms with Crippen molar-refractivity contribution in [1.29, 1.82) is 0 Å². The van der Waals surface area contributed by atoms with Crippen molar-refractivity contribution in [1.82, 2.24) is 0 Å². The summed E-state index contributed by atoms with van der Waals surface area (Å²) in [7, 11) is 0. The summed E-state index contributed by atoms with van der Waals surface area (Å²) in [4.78, 5) is 11.6. The Morgan fingerprint density at radius 2 is 2.15 bits per heavy atom. The fourth-order valence-corrected chi connectivity index (χ4v) is 1.71. The maximum atomic E-state index is 11.6. The van der Waals surface area contributed by atoms with Crippen LogP contribution in [0.25, 0.3) is 0 Å². The Labute approximate surface area is 120 Å². The van der Waals surface area contributed by atoms with Gasteiger partial charge >= 0.3 is 5.97 Å². The molecule has 0 aliphatic rings. The number of unbranched alkanes of at least 4 members (excludes halogenated alkanes) is 3. The topological polar surface area (TPSA) is 61.5 Å². The van der Waals surface area contributed by atoms with Crippen LogP contribution >= 0.6 is 0 Å². The third kappa shape index (κ3) is 5.23. The van der Waals surface area contributed by atoms with E-state index in [4.69, 9.17) is 21.6 Å². The molecule has 0 aliphatic heterocycles. The molecule has 1 rings (SSSR count). The first-order valence-electron chi connectivity index (χ1n) is 6.82. The highest BCUT2D eigenvalue weighted by atomic mass is 16.5. The number of carbonyl (C=O) groups is 1. The third-order valence-corrected chi connectivity index (χ3v) is 2.79. The van der Waals surface area contributed by atoms with Crippen LogP contribution in [0.5, 0.6) is 5.75 Å². The Morgan fingerprint density at radius 3 is 2.80 bits per heavy atom. The number of anilines is 1. The largest absolute Gasteiger partial charge is 0.491 e. The molecule has 0 spiro atoms. The van der Waals surface area contributed by atoms with Gasteiger partial charge in [-0.1, -0.05) is 32.1 Å². The number of esters is 1. The number of benzene rings is 1. The maximum Gasteiger partial charge on any atom is 0.339 e. The van der Waals surface area contributed by atoms with Gasteiger partial charge in [-0.05, 0) is 24.6 Å². The van der Waals surface area contributed by atoms with Gasteiger partial charge in [0.15, 0.2) is 6.61 Å². The van der Waals surface area contributed by atoms with E-state index < -0.39 is 5.97 Å². The molecule has 4 heteroatoms. The lowest BCUT2D eigenvalue weighted by atomic mass is 10.2. The van der Waals surface area contributed by atoms with Crippen LogP contribution in [0.3, 0.4) is 0 Å². The van der Waals surface area contributed by atoms with Crippen LogP contribution in [0.4, 0.5) is 5.69 Å². The Kier molecular flexibility index (Phi) is 7.05. The molecule has 0 saturated heterocycles. The lowest BCUT2D eigenvalue weighted by molar-refractivity contribution is 0.0557. The first-order chi connectivity index (χ1) is 9.69. The zero-order valence-electron chi connectivity index (χ0n) is 11.9. The molecule has 1 aromatic carbocycles. The predicted octanol–water partition coefficient (Wildman–Crippen LogP) is 3.02. The second-order valence-corrected chi connectivity index (χ2v) is 4.44. The van der Waals surface area contributed by atoms with Crippen molar-refractivity contribution in [2.24, 2.45) is 0 Å². The molecule has 0 amide bonds. The summed E-state index contributed by atoms with van der Waals surface area (Å²) in [5.41, 5.74) is 6.65. The summed E-state index contributed by atoms with van der Waals surface area (Å²) in [6.45, 7) is 2.75. The molecule has 108 valence electrons. The van der Waals surface area contributed by atoms with Crippen molar-refractivity contribution < 1.29 is 14.3 Å². The van der Waals surface area contributed by atoms with E-state index in [0.29, 0.717) is 23.6 Å². The van der Waals surface area contributed by atoms with Crippen molar-refractivity contribution in [3.05, 3.63) is 23.8 Å². The molecule has 0 unspecified atom stereocenters. The van der Waals surface area contributed by atoms with Crippen molar-refractivity contribution >= 4 is 11.7 Å². The Hall–Kier alpha value is -2.15. The second kappa shape index (κ2) is 8.87. The van der Waals surface area contributed by atoms with Gasteiger partial charge in [-0.3, -0.25) is 0 Å². The van der Waals surface area contributed by atoms with Crippen LogP contribution in [0.15, 0.2) is 18.2 Å². The summed E-state index contributed by atoms with van der Waals surface area (Å²) < 4.78 is 10.4. The van der Waals surface area contributed by atoms with Gasteiger partial charge in [0.1, 0.15) is 5.75 Å². The molecule has 0 aromatic heterocycles. The average Bonchev–Trinajstić information content (AvgIpc) is 2.46. The van der Waals surface area contributed by atoms with Gasteiger partial charge in [-0.15, -0.1) is 6.42 Å². The molecule has 0 aliphatic carbocycles. The quantitative estimate of drug-likeness (QED) is 0.343. The molecule has 0 atom stereocenters. The van der Waals surface area contributed by atoms with Crippen LogP contribution in [0.2, 0.25) is 0 Å². The molecule has 1 aromatic rings. The fraction of sp³-hybridized carbons (Fsp3) is 0.438. The fourth-order valence-electron chi connectivity index (χ4n) is 1.71. The summed E-state index contributed by atoms with van der Waals surface area (Å²) in [6, 6.07) is 4.85. The SMILES string of the molecule is C#CCOC(=O)c1ccc(OCCCCCC)c(N)c1. The number of hydrogen-bond donors (Lipinski definition) is 1. The van der Waals surface area contributed by atoms with E-state index in [1.807, 2.05) is 0 Å². The van der Waals surface area contributed by atoms with Gasteiger partial charge in [-0.2, -0.15) is 0 Å². The molecule has 2 N–H and O–H groups in total. The number of hydrogen-bond acceptors (Lipinski definition) is 4. The molecule has 0 fully saturated rings. The normalized spacial score (nSPS) is 9.80. The number of ether oxygens (including phenoxy) is 2. The average molecular weight is 275 g/mol. The van der Waals surface area contributed by atoms with Gasteiger partial charge in [0.05, 0.1) is 17.9 Å². The Balaban J connectivity index is 2.51.